The summed E-state index contributed by atoms with van der Waals surface area (Å²) in [4.78, 5) is 13.4. The molecule has 1 aliphatic rings. The smallest absolute Gasteiger partial charge is 0.262 e. The summed E-state index contributed by atoms with van der Waals surface area (Å²) < 4.78 is 46.7. The number of aldehydes is 1. The largest absolute Gasteiger partial charge is 0.493 e. The molecule has 0 unspecified atom stereocenters. The van der Waals surface area contributed by atoms with Crippen LogP contribution in [0.1, 0.15) is 16.8 Å². The maximum absolute atomic E-state index is 13.6. The van der Waals surface area contributed by atoms with E-state index in [4.69, 9.17) is 25.8 Å². The first-order valence-electron chi connectivity index (χ1n) is 11.2. The van der Waals surface area contributed by atoms with E-state index in [1.54, 1.807) is 48.5 Å². The van der Waals surface area contributed by atoms with Crippen molar-refractivity contribution in [1.82, 2.24) is 4.90 Å². The highest BCUT2D eigenvalue weighted by Crippen LogP contribution is 2.39. The molecule has 1 atom stereocenters. The fraction of sp³-hybridized carbons (Fsp3) is 0.269. The third kappa shape index (κ3) is 5.59. The predicted molar refractivity (Wildman–Crippen MR) is 139 cm³/mol. The minimum atomic E-state index is -4.12. The van der Waals surface area contributed by atoms with Gasteiger partial charge in [-0.1, -0.05) is 29.8 Å². The number of likely N-dealkylation sites (N-methyl/N-ethyl adjacent to an activating group) is 1. The summed E-state index contributed by atoms with van der Waals surface area (Å²) in [5, 5.41) is 0.394. The Labute approximate surface area is 215 Å². The molecule has 36 heavy (non-hydrogen) atoms. The summed E-state index contributed by atoms with van der Waals surface area (Å²) in [7, 11) is 0.793. The standard InChI is InChI=1S/C26H27ClN2O6S/c1-29-10-9-20(15-29)35-23-12-19(7-8-22(23)27)28-36(31,32)26-14-25(34-3)24(33-2)13-21(26)18-6-4-5-17(11-18)16-30/h4-8,11-14,16,20,28H,9-10,15H2,1-3H3/t20-/m1/s1. The monoisotopic (exact) mass is 530 g/mol. The van der Waals surface area contributed by atoms with Gasteiger partial charge in [0, 0.05) is 36.3 Å². The van der Waals surface area contributed by atoms with E-state index in [2.05, 4.69) is 9.62 Å². The lowest BCUT2D eigenvalue weighted by Gasteiger charge is -2.18. The maximum atomic E-state index is 13.6. The van der Waals surface area contributed by atoms with E-state index in [9.17, 15) is 13.2 Å². The predicted octanol–water partition coefficient (Wildman–Crippen LogP) is 4.72. The molecule has 0 spiro atoms. The number of hydrogen-bond acceptors (Lipinski definition) is 7. The van der Waals surface area contributed by atoms with Crippen molar-refractivity contribution in [2.75, 3.05) is 39.1 Å². The molecule has 1 aliphatic heterocycles. The molecular formula is C26H27ClN2O6S. The first kappa shape index (κ1) is 25.8. The number of halogens is 1. The quantitative estimate of drug-likeness (QED) is 0.400. The molecule has 4 rings (SSSR count). The van der Waals surface area contributed by atoms with Gasteiger partial charge in [0.05, 0.1) is 29.8 Å². The highest BCUT2D eigenvalue weighted by atomic mass is 35.5. The maximum Gasteiger partial charge on any atom is 0.262 e. The summed E-state index contributed by atoms with van der Waals surface area (Å²) in [6, 6.07) is 14.4. The molecule has 10 heteroatoms. The number of nitrogens with zero attached hydrogens (tertiary/aromatic N) is 1. The lowest BCUT2D eigenvalue weighted by Crippen LogP contribution is -2.21. The van der Waals surface area contributed by atoms with E-state index in [-0.39, 0.29) is 16.7 Å². The van der Waals surface area contributed by atoms with Gasteiger partial charge in [0.2, 0.25) is 0 Å². The Kier molecular flexibility index (Phi) is 7.73. The second-order valence-corrected chi connectivity index (χ2v) is 10.5. The number of sulfonamides is 1. The minimum Gasteiger partial charge on any atom is -0.493 e. The molecule has 190 valence electrons. The van der Waals surface area contributed by atoms with Gasteiger partial charge in [0.15, 0.2) is 11.5 Å². The van der Waals surface area contributed by atoms with E-state index in [0.717, 1.165) is 19.5 Å². The third-order valence-electron chi connectivity index (χ3n) is 5.93. The Balaban J connectivity index is 1.73. The minimum absolute atomic E-state index is 0.0260. The molecule has 3 aromatic rings. The normalized spacial score (nSPS) is 15.9. The molecule has 8 nitrogen and oxygen atoms in total. The number of ether oxygens (including phenoxy) is 3. The van der Waals surface area contributed by atoms with Gasteiger partial charge < -0.3 is 19.1 Å². The SMILES string of the molecule is COc1cc(-c2cccc(C=O)c2)c(S(=O)(=O)Nc2ccc(Cl)c(O[C@@H]3CCN(C)C3)c2)cc1OC. The van der Waals surface area contributed by atoms with Crippen molar-refractivity contribution >= 4 is 33.6 Å². The first-order valence-corrected chi connectivity index (χ1v) is 13.1. The fourth-order valence-corrected chi connectivity index (χ4v) is 5.56. The number of methoxy groups -OCH3 is 2. The zero-order chi connectivity index (χ0) is 25.9. The highest BCUT2D eigenvalue weighted by Gasteiger charge is 2.25. The van der Waals surface area contributed by atoms with Crippen LogP contribution in [0.5, 0.6) is 17.2 Å². The van der Waals surface area contributed by atoms with Gasteiger partial charge >= 0.3 is 0 Å². The van der Waals surface area contributed by atoms with Crippen LogP contribution in [0.15, 0.2) is 59.5 Å². The summed E-state index contributed by atoms with van der Waals surface area (Å²) in [5.41, 5.74) is 1.59. The van der Waals surface area contributed by atoms with E-state index >= 15 is 0 Å². The zero-order valence-corrected chi connectivity index (χ0v) is 21.7. The van der Waals surface area contributed by atoms with Crippen LogP contribution in [0, 0.1) is 0 Å². The van der Waals surface area contributed by atoms with Gasteiger partial charge in [-0.25, -0.2) is 8.42 Å². The summed E-state index contributed by atoms with van der Waals surface area (Å²) in [6.07, 6.45) is 1.54. The van der Waals surface area contributed by atoms with Crippen LogP contribution in [0.3, 0.4) is 0 Å². The number of benzene rings is 3. The van der Waals surface area contributed by atoms with Crippen LogP contribution in [0.25, 0.3) is 11.1 Å². The lowest BCUT2D eigenvalue weighted by molar-refractivity contribution is 0.112. The molecule has 1 heterocycles. The molecule has 0 amide bonds. The van der Waals surface area contributed by atoms with E-state index in [1.807, 2.05) is 7.05 Å². The third-order valence-corrected chi connectivity index (χ3v) is 7.67. The van der Waals surface area contributed by atoms with E-state index in [1.165, 1.54) is 20.3 Å². The average molecular weight is 531 g/mol. The van der Waals surface area contributed by atoms with Crippen molar-refractivity contribution in [3.05, 3.63) is 65.2 Å². The second kappa shape index (κ2) is 10.8. The molecule has 0 aromatic heterocycles. The molecule has 0 radical (unpaired) electrons. The van der Waals surface area contributed by atoms with Gasteiger partial charge in [-0.15, -0.1) is 0 Å². The van der Waals surface area contributed by atoms with Crippen molar-refractivity contribution in [2.24, 2.45) is 0 Å². The van der Waals surface area contributed by atoms with Crippen LogP contribution in [-0.4, -0.2) is 60.1 Å². The molecular weight excluding hydrogens is 504 g/mol. The molecule has 0 aliphatic carbocycles. The van der Waals surface area contributed by atoms with Gasteiger partial charge in [-0.05, 0) is 43.3 Å². The van der Waals surface area contributed by atoms with E-state index in [0.29, 0.717) is 45.2 Å². The van der Waals surface area contributed by atoms with Crippen molar-refractivity contribution < 1.29 is 27.4 Å². The Morgan fingerprint density at radius 2 is 1.78 bits per heavy atom. The van der Waals surface area contributed by atoms with Crippen LogP contribution < -0.4 is 18.9 Å². The van der Waals surface area contributed by atoms with Crippen LogP contribution >= 0.6 is 11.6 Å². The lowest BCUT2D eigenvalue weighted by atomic mass is 10.0. The second-order valence-electron chi connectivity index (χ2n) is 8.49. The Morgan fingerprint density at radius 1 is 1.03 bits per heavy atom. The molecule has 0 bridgehead atoms. The summed E-state index contributed by atoms with van der Waals surface area (Å²) in [5.74, 6) is 1.01. The Hall–Kier alpha value is -3.27. The molecule has 3 aromatic carbocycles. The number of carbonyl (C=O) groups is 1. The molecule has 1 saturated heterocycles. The number of likely N-dealkylation sites (tertiary alicyclic amines) is 1. The van der Waals surface area contributed by atoms with Crippen LogP contribution in [0.4, 0.5) is 5.69 Å². The van der Waals surface area contributed by atoms with Crippen molar-refractivity contribution in [3.8, 4) is 28.4 Å². The zero-order valence-electron chi connectivity index (χ0n) is 20.2. The fourth-order valence-electron chi connectivity index (χ4n) is 4.13. The van der Waals surface area contributed by atoms with Crippen LogP contribution in [-0.2, 0) is 10.0 Å². The van der Waals surface area contributed by atoms with Gasteiger partial charge in [-0.3, -0.25) is 9.52 Å². The number of carbonyl (C=O) groups excluding carboxylic acids is 1. The first-order chi connectivity index (χ1) is 17.2. The van der Waals surface area contributed by atoms with Crippen molar-refractivity contribution in [3.63, 3.8) is 0 Å². The van der Waals surface area contributed by atoms with Crippen molar-refractivity contribution in [2.45, 2.75) is 17.4 Å². The van der Waals surface area contributed by atoms with Crippen LogP contribution in [0.2, 0.25) is 5.02 Å². The molecule has 1 N–H and O–H groups in total. The summed E-state index contributed by atoms with van der Waals surface area (Å²) >= 11 is 6.33. The van der Waals surface area contributed by atoms with Gasteiger partial charge in [0.1, 0.15) is 18.1 Å². The molecule has 0 saturated carbocycles. The van der Waals surface area contributed by atoms with Crippen molar-refractivity contribution in [1.29, 1.82) is 0 Å². The number of nitrogens with one attached hydrogen (secondary N) is 1. The van der Waals surface area contributed by atoms with Gasteiger partial charge in [-0.2, -0.15) is 0 Å². The highest BCUT2D eigenvalue weighted by molar-refractivity contribution is 7.92. The van der Waals surface area contributed by atoms with E-state index < -0.39 is 10.0 Å². The Morgan fingerprint density at radius 3 is 2.44 bits per heavy atom. The summed E-state index contributed by atoms with van der Waals surface area (Å²) in [6.45, 7) is 1.68. The topological polar surface area (TPSA) is 94.2 Å². The average Bonchev–Trinajstić information content (AvgIpc) is 3.29. The Bertz CT molecular complexity index is 1380. The number of hydrogen-bond donors (Lipinski definition) is 1. The molecule has 1 fully saturated rings. The van der Waals surface area contributed by atoms with Gasteiger partial charge in [0.25, 0.3) is 10.0 Å². The number of anilines is 1. The number of rotatable bonds is 9.